The summed E-state index contributed by atoms with van der Waals surface area (Å²) in [6.07, 6.45) is -0.0565. The summed E-state index contributed by atoms with van der Waals surface area (Å²) in [5.41, 5.74) is 1.26. The second-order valence-electron chi connectivity index (χ2n) is 6.63. The molecule has 2 atom stereocenters. The lowest BCUT2D eigenvalue weighted by molar-refractivity contribution is -0.143. The molecule has 2 amide bonds. The quantitative estimate of drug-likeness (QED) is 0.668. The molecule has 0 aliphatic rings. The van der Waals surface area contributed by atoms with E-state index in [-0.39, 0.29) is 18.2 Å². The van der Waals surface area contributed by atoms with E-state index < -0.39 is 24.0 Å². The number of hydrogen-bond donors (Lipinski definition) is 3. The third-order valence-electron chi connectivity index (χ3n) is 4.18. The molecule has 1 unspecified atom stereocenters. The Labute approximate surface area is 158 Å². The molecule has 2 aromatic carbocycles. The molecule has 2 rings (SSSR count). The first-order chi connectivity index (χ1) is 12.9. The van der Waals surface area contributed by atoms with Crippen molar-refractivity contribution >= 4 is 17.8 Å². The summed E-state index contributed by atoms with van der Waals surface area (Å²) in [5, 5.41) is 14.7. The highest BCUT2D eigenvalue weighted by Gasteiger charge is 2.26. The van der Waals surface area contributed by atoms with Crippen molar-refractivity contribution in [2.75, 3.05) is 0 Å². The summed E-state index contributed by atoms with van der Waals surface area (Å²) in [7, 11) is 0. The summed E-state index contributed by atoms with van der Waals surface area (Å²) in [5.74, 6) is -2.06. The Morgan fingerprint density at radius 2 is 1.44 bits per heavy atom. The van der Waals surface area contributed by atoms with Gasteiger partial charge in [0.25, 0.3) is 5.91 Å². The summed E-state index contributed by atoms with van der Waals surface area (Å²) >= 11 is 0. The number of carbonyl (C=O) groups is 3. The molecule has 0 bridgehead atoms. The fraction of sp³-hybridized carbons (Fsp3) is 0.286. The number of carbonyl (C=O) groups excluding carboxylic acids is 2. The molecule has 142 valence electrons. The van der Waals surface area contributed by atoms with Gasteiger partial charge in [-0.25, -0.2) is 4.79 Å². The highest BCUT2D eigenvalue weighted by Crippen LogP contribution is 2.18. The van der Waals surface area contributed by atoms with Gasteiger partial charge in [0.1, 0.15) is 6.04 Å². The molecule has 0 saturated heterocycles. The second kappa shape index (κ2) is 9.52. The Morgan fingerprint density at radius 3 is 1.96 bits per heavy atom. The summed E-state index contributed by atoms with van der Waals surface area (Å²) in [6.45, 7) is 3.45. The first-order valence-electron chi connectivity index (χ1n) is 8.81. The van der Waals surface area contributed by atoms with Crippen LogP contribution in [-0.2, 0) is 9.59 Å². The van der Waals surface area contributed by atoms with Crippen molar-refractivity contribution in [3.63, 3.8) is 0 Å². The van der Waals surface area contributed by atoms with Crippen molar-refractivity contribution in [3.8, 4) is 0 Å². The van der Waals surface area contributed by atoms with Gasteiger partial charge in [-0.15, -0.1) is 0 Å². The number of hydrogen-bond acceptors (Lipinski definition) is 3. The Balaban J connectivity index is 2.15. The Morgan fingerprint density at radius 1 is 0.889 bits per heavy atom. The van der Waals surface area contributed by atoms with Crippen LogP contribution in [-0.4, -0.2) is 28.9 Å². The van der Waals surface area contributed by atoms with Crippen LogP contribution in [0.4, 0.5) is 0 Å². The number of nitrogens with one attached hydrogen (secondary N) is 2. The van der Waals surface area contributed by atoms with E-state index in [2.05, 4.69) is 10.6 Å². The fourth-order valence-corrected chi connectivity index (χ4v) is 2.70. The number of benzene rings is 2. The molecule has 0 aromatic heterocycles. The predicted molar refractivity (Wildman–Crippen MR) is 102 cm³/mol. The van der Waals surface area contributed by atoms with E-state index in [4.69, 9.17) is 0 Å². The van der Waals surface area contributed by atoms with Crippen LogP contribution in [0.2, 0.25) is 0 Å². The molecule has 6 heteroatoms. The van der Waals surface area contributed by atoms with Gasteiger partial charge >= 0.3 is 5.97 Å². The predicted octanol–water partition coefficient (Wildman–Crippen LogP) is 2.77. The maximum atomic E-state index is 12.5. The van der Waals surface area contributed by atoms with Gasteiger partial charge in [-0.05, 0) is 23.6 Å². The molecule has 0 aliphatic heterocycles. The van der Waals surface area contributed by atoms with E-state index in [1.54, 1.807) is 38.1 Å². The fourth-order valence-electron chi connectivity index (χ4n) is 2.70. The van der Waals surface area contributed by atoms with Crippen molar-refractivity contribution in [1.29, 1.82) is 0 Å². The molecule has 2 aromatic rings. The lowest BCUT2D eigenvalue weighted by Gasteiger charge is -2.22. The number of carboxylic acid groups (broad SMARTS) is 1. The number of aliphatic carboxylic acids is 1. The normalized spacial score (nSPS) is 12.9. The van der Waals surface area contributed by atoms with Gasteiger partial charge < -0.3 is 15.7 Å². The van der Waals surface area contributed by atoms with Gasteiger partial charge in [-0.3, -0.25) is 9.59 Å². The maximum absolute atomic E-state index is 12.5. The van der Waals surface area contributed by atoms with E-state index in [0.717, 1.165) is 5.56 Å². The standard InChI is InChI=1S/C21H24N2O4/c1-14(2)19(21(26)27)23-18(24)13-17(15-9-5-3-6-10-15)22-20(25)16-11-7-4-8-12-16/h3-12,14,17,19H,13H2,1-2H3,(H,22,25)(H,23,24)(H,26,27)/t17?,19-/m1/s1. The third-order valence-corrected chi connectivity index (χ3v) is 4.18. The average molecular weight is 368 g/mol. The minimum absolute atomic E-state index is 0.0565. The molecule has 0 spiro atoms. The van der Waals surface area contributed by atoms with Gasteiger partial charge in [0, 0.05) is 5.56 Å². The van der Waals surface area contributed by atoms with E-state index in [0.29, 0.717) is 5.56 Å². The van der Waals surface area contributed by atoms with Gasteiger partial charge in [0.2, 0.25) is 5.91 Å². The number of rotatable bonds is 8. The molecule has 0 saturated carbocycles. The molecule has 3 N–H and O–H groups in total. The molecule has 0 fully saturated rings. The first-order valence-corrected chi connectivity index (χ1v) is 8.81. The molecular formula is C21H24N2O4. The first kappa shape index (κ1) is 20.2. The third kappa shape index (κ3) is 5.95. The van der Waals surface area contributed by atoms with Crippen LogP contribution in [0.5, 0.6) is 0 Å². The van der Waals surface area contributed by atoms with E-state index >= 15 is 0 Å². The van der Waals surface area contributed by atoms with Gasteiger partial charge in [-0.1, -0.05) is 62.4 Å². The van der Waals surface area contributed by atoms with Crippen molar-refractivity contribution in [3.05, 3.63) is 71.8 Å². The minimum Gasteiger partial charge on any atom is -0.480 e. The van der Waals surface area contributed by atoms with E-state index in [1.807, 2.05) is 36.4 Å². The number of amides is 2. The molecule has 0 heterocycles. The van der Waals surface area contributed by atoms with Gasteiger partial charge in [0.05, 0.1) is 12.5 Å². The van der Waals surface area contributed by atoms with Crippen molar-refractivity contribution in [2.45, 2.75) is 32.4 Å². The van der Waals surface area contributed by atoms with E-state index in [1.165, 1.54) is 0 Å². The monoisotopic (exact) mass is 368 g/mol. The average Bonchev–Trinajstić information content (AvgIpc) is 2.66. The zero-order valence-corrected chi connectivity index (χ0v) is 15.4. The second-order valence-corrected chi connectivity index (χ2v) is 6.63. The molecule has 27 heavy (non-hydrogen) atoms. The lowest BCUT2D eigenvalue weighted by Crippen LogP contribution is -2.45. The van der Waals surface area contributed by atoms with Crippen LogP contribution in [0.3, 0.4) is 0 Å². The SMILES string of the molecule is CC(C)[C@@H](NC(=O)CC(NC(=O)c1ccccc1)c1ccccc1)C(=O)O. The number of carboxylic acids is 1. The molecule has 6 nitrogen and oxygen atoms in total. The Bertz CT molecular complexity index is 775. The van der Waals surface area contributed by atoms with Crippen LogP contribution in [0.25, 0.3) is 0 Å². The van der Waals surface area contributed by atoms with Gasteiger partial charge in [0.15, 0.2) is 0 Å². The summed E-state index contributed by atoms with van der Waals surface area (Å²) < 4.78 is 0. The molecular weight excluding hydrogens is 344 g/mol. The maximum Gasteiger partial charge on any atom is 0.326 e. The largest absolute Gasteiger partial charge is 0.480 e. The van der Waals surface area contributed by atoms with Crippen LogP contribution >= 0.6 is 0 Å². The summed E-state index contributed by atoms with van der Waals surface area (Å²) in [6, 6.07) is 16.3. The van der Waals surface area contributed by atoms with Crippen molar-refractivity contribution in [2.24, 2.45) is 5.92 Å². The molecule has 0 aliphatic carbocycles. The smallest absolute Gasteiger partial charge is 0.326 e. The van der Waals surface area contributed by atoms with Crippen LogP contribution in [0.15, 0.2) is 60.7 Å². The highest BCUT2D eigenvalue weighted by molar-refractivity contribution is 5.94. The minimum atomic E-state index is -1.08. The molecule has 0 radical (unpaired) electrons. The Hall–Kier alpha value is -3.15. The van der Waals surface area contributed by atoms with Gasteiger partial charge in [-0.2, -0.15) is 0 Å². The van der Waals surface area contributed by atoms with Crippen LogP contribution in [0.1, 0.15) is 42.2 Å². The Kier molecular flexibility index (Phi) is 7.11. The van der Waals surface area contributed by atoms with Crippen LogP contribution in [0, 0.1) is 5.92 Å². The topological polar surface area (TPSA) is 95.5 Å². The van der Waals surface area contributed by atoms with Crippen LogP contribution < -0.4 is 10.6 Å². The zero-order chi connectivity index (χ0) is 19.8. The van der Waals surface area contributed by atoms with Crippen molar-refractivity contribution in [1.82, 2.24) is 10.6 Å². The highest BCUT2D eigenvalue weighted by atomic mass is 16.4. The summed E-state index contributed by atoms with van der Waals surface area (Å²) in [4.78, 5) is 36.3. The van der Waals surface area contributed by atoms with Crippen molar-refractivity contribution < 1.29 is 19.5 Å². The lowest BCUT2D eigenvalue weighted by atomic mass is 10.0. The van der Waals surface area contributed by atoms with E-state index in [9.17, 15) is 19.5 Å². The zero-order valence-electron chi connectivity index (χ0n) is 15.4.